The molecule has 2 heterocycles. The molecule has 1 N–H and O–H groups in total. The summed E-state index contributed by atoms with van der Waals surface area (Å²) < 4.78 is 32.2. The number of benzene rings is 1. The number of hydrogen-bond acceptors (Lipinski definition) is 4. The Morgan fingerprint density at radius 1 is 1.08 bits per heavy atom. The summed E-state index contributed by atoms with van der Waals surface area (Å²) in [5.41, 5.74) is 0. The molecule has 0 aliphatic carbocycles. The van der Waals surface area contributed by atoms with E-state index in [0.717, 1.165) is 19.3 Å². The van der Waals surface area contributed by atoms with Gasteiger partial charge in [-0.05, 0) is 44.2 Å². The van der Waals surface area contributed by atoms with E-state index in [1.54, 1.807) is 30.3 Å². The van der Waals surface area contributed by atoms with Gasteiger partial charge in [0.1, 0.15) is 6.10 Å². The molecule has 2 fully saturated rings. The van der Waals surface area contributed by atoms with Gasteiger partial charge in [-0.1, -0.05) is 18.2 Å². The molecule has 1 aromatic carbocycles. The van der Waals surface area contributed by atoms with Gasteiger partial charge in [-0.25, -0.2) is 8.42 Å². The molecule has 0 saturated carbocycles. The van der Waals surface area contributed by atoms with Crippen molar-refractivity contribution in [3.05, 3.63) is 30.3 Å². The highest BCUT2D eigenvalue weighted by Gasteiger charge is 2.31. The highest BCUT2D eigenvalue weighted by atomic mass is 32.2. The topological polar surface area (TPSA) is 75.7 Å². The van der Waals surface area contributed by atoms with E-state index < -0.39 is 10.0 Å². The van der Waals surface area contributed by atoms with Gasteiger partial charge in [0.2, 0.25) is 15.9 Å². The summed E-state index contributed by atoms with van der Waals surface area (Å²) in [6, 6.07) is 8.50. The van der Waals surface area contributed by atoms with Crippen molar-refractivity contribution in [2.45, 2.75) is 49.1 Å². The largest absolute Gasteiger partial charge is 0.368 e. The van der Waals surface area contributed by atoms with Gasteiger partial charge in [0.05, 0.1) is 4.90 Å². The van der Waals surface area contributed by atoms with Gasteiger partial charge in [0.15, 0.2) is 0 Å². The Morgan fingerprint density at radius 3 is 2.42 bits per heavy atom. The Morgan fingerprint density at radius 2 is 1.79 bits per heavy atom. The van der Waals surface area contributed by atoms with Crippen LogP contribution >= 0.6 is 0 Å². The molecule has 0 bridgehead atoms. The molecule has 0 aromatic heterocycles. The van der Waals surface area contributed by atoms with Crippen LogP contribution in [0.1, 0.15) is 32.1 Å². The van der Waals surface area contributed by atoms with E-state index in [1.165, 1.54) is 4.31 Å². The summed E-state index contributed by atoms with van der Waals surface area (Å²) in [4.78, 5) is 12.5. The lowest BCUT2D eigenvalue weighted by Gasteiger charge is -2.32. The van der Waals surface area contributed by atoms with Gasteiger partial charge in [0, 0.05) is 25.7 Å². The predicted molar refractivity (Wildman–Crippen MR) is 90.0 cm³/mol. The van der Waals surface area contributed by atoms with Crippen molar-refractivity contribution >= 4 is 15.9 Å². The van der Waals surface area contributed by atoms with Crippen LogP contribution in [-0.2, 0) is 19.6 Å². The van der Waals surface area contributed by atoms with E-state index in [2.05, 4.69) is 5.32 Å². The highest BCUT2D eigenvalue weighted by Crippen LogP contribution is 2.21. The van der Waals surface area contributed by atoms with Crippen LogP contribution in [0.2, 0.25) is 0 Å². The fourth-order valence-corrected chi connectivity index (χ4v) is 4.71. The standard InChI is InChI=1S/C17H24N2O4S/c20-17(16-8-4-5-13-23-16)18-14-9-11-19(12-10-14)24(21,22)15-6-2-1-3-7-15/h1-3,6-7,14,16H,4-5,8-13H2,(H,18,20)/t16-/m0/s1. The molecule has 3 rings (SSSR count). The van der Waals surface area contributed by atoms with Crippen LogP contribution in [0.4, 0.5) is 0 Å². The molecule has 6 nitrogen and oxygen atoms in total. The Bertz CT molecular complexity index is 648. The third-order valence-electron chi connectivity index (χ3n) is 4.65. The zero-order valence-electron chi connectivity index (χ0n) is 13.7. The number of nitrogens with one attached hydrogen (secondary N) is 1. The number of sulfonamides is 1. The maximum Gasteiger partial charge on any atom is 0.249 e. The average Bonchev–Trinajstić information content (AvgIpc) is 2.63. The van der Waals surface area contributed by atoms with Gasteiger partial charge in [-0.15, -0.1) is 0 Å². The van der Waals surface area contributed by atoms with Gasteiger partial charge >= 0.3 is 0 Å². The van der Waals surface area contributed by atoms with E-state index in [9.17, 15) is 13.2 Å². The van der Waals surface area contributed by atoms with Crippen molar-refractivity contribution in [1.82, 2.24) is 9.62 Å². The molecule has 1 aromatic rings. The molecule has 0 radical (unpaired) electrons. The lowest BCUT2D eigenvalue weighted by Crippen LogP contribution is -2.49. The Balaban J connectivity index is 1.53. The molecule has 2 aliphatic rings. The third kappa shape index (κ3) is 3.96. The van der Waals surface area contributed by atoms with Crippen molar-refractivity contribution in [3.63, 3.8) is 0 Å². The van der Waals surface area contributed by atoms with Crippen LogP contribution < -0.4 is 5.32 Å². The molecule has 0 spiro atoms. The maximum atomic E-state index is 12.6. The van der Waals surface area contributed by atoms with E-state index in [-0.39, 0.29) is 18.1 Å². The molecule has 1 atom stereocenters. The molecule has 2 saturated heterocycles. The lowest BCUT2D eigenvalue weighted by atomic mass is 10.0. The van der Waals surface area contributed by atoms with Gasteiger partial charge in [-0.2, -0.15) is 4.31 Å². The number of amides is 1. The van der Waals surface area contributed by atoms with E-state index in [0.29, 0.717) is 37.4 Å². The molecule has 1 amide bonds. The summed E-state index contributed by atoms with van der Waals surface area (Å²) in [5, 5.41) is 3.01. The number of piperidine rings is 1. The van der Waals surface area contributed by atoms with Gasteiger partial charge in [-0.3, -0.25) is 4.79 Å². The molecular weight excluding hydrogens is 328 g/mol. The highest BCUT2D eigenvalue weighted by molar-refractivity contribution is 7.89. The van der Waals surface area contributed by atoms with Crippen LogP contribution in [0.15, 0.2) is 35.2 Å². The van der Waals surface area contributed by atoms with Gasteiger partial charge in [0.25, 0.3) is 0 Å². The van der Waals surface area contributed by atoms with Crippen molar-refractivity contribution < 1.29 is 17.9 Å². The molecule has 132 valence electrons. The minimum atomic E-state index is -3.44. The number of nitrogens with zero attached hydrogens (tertiary/aromatic N) is 1. The summed E-state index contributed by atoms with van der Waals surface area (Å²) in [6.45, 7) is 1.49. The van der Waals surface area contributed by atoms with E-state index in [1.807, 2.05) is 0 Å². The van der Waals surface area contributed by atoms with Crippen molar-refractivity contribution in [3.8, 4) is 0 Å². The lowest BCUT2D eigenvalue weighted by molar-refractivity contribution is -0.136. The molecule has 24 heavy (non-hydrogen) atoms. The van der Waals surface area contributed by atoms with Crippen molar-refractivity contribution in [1.29, 1.82) is 0 Å². The zero-order chi connectivity index (χ0) is 17.0. The average molecular weight is 352 g/mol. The van der Waals surface area contributed by atoms with Gasteiger partial charge < -0.3 is 10.1 Å². The second-order valence-electron chi connectivity index (χ2n) is 6.36. The number of carbonyl (C=O) groups is 1. The first-order chi connectivity index (χ1) is 11.6. The Hall–Kier alpha value is -1.44. The second kappa shape index (κ2) is 7.63. The summed E-state index contributed by atoms with van der Waals surface area (Å²) in [7, 11) is -3.44. The summed E-state index contributed by atoms with van der Waals surface area (Å²) in [5.74, 6) is -0.0564. The first-order valence-electron chi connectivity index (χ1n) is 8.54. The first kappa shape index (κ1) is 17.4. The second-order valence-corrected chi connectivity index (χ2v) is 8.29. The first-order valence-corrected chi connectivity index (χ1v) is 9.98. The summed E-state index contributed by atoms with van der Waals surface area (Å²) >= 11 is 0. The molecule has 2 aliphatic heterocycles. The zero-order valence-corrected chi connectivity index (χ0v) is 14.5. The molecule has 7 heteroatoms. The van der Waals surface area contributed by atoms with Crippen LogP contribution in [0.5, 0.6) is 0 Å². The minimum absolute atomic E-state index is 0.0187. The van der Waals surface area contributed by atoms with E-state index >= 15 is 0 Å². The Labute approximate surface area is 143 Å². The number of carbonyl (C=O) groups excluding carboxylic acids is 1. The van der Waals surface area contributed by atoms with Crippen LogP contribution in [-0.4, -0.2) is 50.5 Å². The van der Waals surface area contributed by atoms with Crippen LogP contribution in [0.3, 0.4) is 0 Å². The molecular formula is C17H24N2O4S. The quantitative estimate of drug-likeness (QED) is 0.891. The Kier molecular flexibility index (Phi) is 5.53. The molecule has 0 unspecified atom stereocenters. The van der Waals surface area contributed by atoms with Crippen molar-refractivity contribution in [2.75, 3.05) is 19.7 Å². The monoisotopic (exact) mass is 352 g/mol. The smallest absolute Gasteiger partial charge is 0.249 e. The maximum absolute atomic E-state index is 12.6. The summed E-state index contributed by atoms with van der Waals surface area (Å²) in [6.07, 6.45) is 3.72. The SMILES string of the molecule is O=C(NC1CCN(S(=O)(=O)c2ccccc2)CC1)[C@@H]1CCCCO1. The number of ether oxygens (including phenoxy) is 1. The fourth-order valence-electron chi connectivity index (χ4n) is 3.22. The van der Waals surface area contributed by atoms with Crippen molar-refractivity contribution in [2.24, 2.45) is 0 Å². The van der Waals surface area contributed by atoms with E-state index in [4.69, 9.17) is 4.74 Å². The number of hydrogen-bond donors (Lipinski definition) is 1. The van der Waals surface area contributed by atoms with Crippen LogP contribution in [0, 0.1) is 0 Å². The minimum Gasteiger partial charge on any atom is -0.368 e. The predicted octanol–water partition coefficient (Wildman–Crippen LogP) is 1.52. The normalized spacial score (nSPS) is 23.8. The fraction of sp³-hybridized carbons (Fsp3) is 0.588. The number of rotatable bonds is 4. The van der Waals surface area contributed by atoms with Crippen LogP contribution in [0.25, 0.3) is 0 Å². The third-order valence-corrected chi connectivity index (χ3v) is 6.57.